The molecular formula is C8H11NO3S. The van der Waals surface area contributed by atoms with Crippen molar-refractivity contribution in [2.24, 2.45) is 0 Å². The predicted molar refractivity (Wildman–Crippen MR) is 51.2 cm³/mol. The molecule has 5 heteroatoms. The number of benzene rings is 1. The van der Waals surface area contributed by atoms with Crippen LogP contribution in [-0.2, 0) is 10.1 Å². The second-order valence-electron chi connectivity index (χ2n) is 2.21. The van der Waals surface area contributed by atoms with Crippen LogP contribution in [0.15, 0.2) is 35.7 Å². The van der Waals surface area contributed by atoms with Crippen molar-refractivity contribution in [1.82, 2.24) is 6.15 Å². The van der Waals surface area contributed by atoms with E-state index in [0.29, 0.717) is 11.0 Å². The van der Waals surface area contributed by atoms with Gasteiger partial charge in [0.2, 0.25) is 0 Å². The summed E-state index contributed by atoms with van der Waals surface area (Å²) in [4.78, 5) is 0. The molecule has 0 fully saturated rings. The summed E-state index contributed by atoms with van der Waals surface area (Å²) in [6, 6.07) is 8.75. The van der Waals surface area contributed by atoms with Crippen LogP contribution in [-0.4, -0.2) is 13.0 Å². The lowest BCUT2D eigenvalue weighted by molar-refractivity contribution is 0.474. The average Bonchev–Trinajstić information content (AvgIpc) is 2.02. The van der Waals surface area contributed by atoms with Gasteiger partial charge >= 0.3 is 0 Å². The van der Waals surface area contributed by atoms with Crippen LogP contribution in [0.3, 0.4) is 0 Å². The monoisotopic (exact) mass is 201 g/mol. The van der Waals surface area contributed by atoms with Gasteiger partial charge in [0.25, 0.3) is 0 Å². The zero-order valence-electron chi connectivity index (χ0n) is 7.17. The van der Waals surface area contributed by atoms with E-state index in [9.17, 15) is 13.0 Å². The van der Waals surface area contributed by atoms with Crippen molar-refractivity contribution in [2.75, 3.05) is 0 Å². The van der Waals surface area contributed by atoms with Crippen molar-refractivity contribution in [1.29, 1.82) is 0 Å². The Bertz CT molecular complexity index is 370. The van der Waals surface area contributed by atoms with E-state index in [1.54, 1.807) is 24.3 Å². The van der Waals surface area contributed by atoms with E-state index in [0.717, 1.165) is 0 Å². The zero-order chi connectivity index (χ0) is 9.03. The Labute approximate surface area is 77.2 Å². The maximum Gasteiger partial charge on any atom is 0.117 e. The van der Waals surface area contributed by atoms with Crippen LogP contribution >= 0.6 is 0 Å². The third kappa shape index (κ3) is 5.13. The molecule has 0 spiro atoms. The van der Waals surface area contributed by atoms with Gasteiger partial charge in [0.05, 0.1) is 0 Å². The first kappa shape index (κ1) is 11.8. The highest BCUT2D eigenvalue weighted by Crippen LogP contribution is 2.01. The van der Waals surface area contributed by atoms with Crippen molar-refractivity contribution in [3.05, 3.63) is 41.3 Å². The van der Waals surface area contributed by atoms with Crippen molar-refractivity contribution in [2.45, 2.75) is 0 Å². The molecule has 0 amide bonds. The molecule has 0 aliphatic carbocycles. The zero-order valence-corrected chi connectivity index (χ0v) is 7.99. The van der Waals surface area contributed by atoms with Gasteiger partial charge in [0, 0.05) is 5.41 Å². The third-order valence-electron chi connectivity index (χ3n) is 1.23. The van der Waals surface area contributed by atoms with Crippen molar-refractivity contribution < 1.29 is 13.0 Å². The quantitative estimate of drug-likeness (QED) is 0.736. The first-order valence-electron chi connectivity index (χ1n) is 3.27. The fourth-order valence-corrected chi connectivity index (χ4v) is 1.05. The average molecular weight is 201 g/mol. The Morgan fingerprint density at radius 1 is 1.15 bits per heavy atom. The number of quaternary nitrogens is 1. The molecule has 0 aromatic heterocycles. The van der Waals surface area contributed by atoms with Crippen LogP contribution in [0.1, 0.15) is 5.56 Å². The predicted octanol–water partition coefficient (Wildman–Crippen LogP) is 1.58. The largest absolute Gasteiger partial charge is 0.744 e. The van der Waals surface area contributed by atoms with Crippen LogP contribution in [0.2, 0.25) is 0 Å². The minimum atomic E-state index is -4.25. The van der Waals surface area contributed by atoms with E-state index >= 15 is 0 Å². The highest BCUT2D eigenvalue weighted by atomic mass is 32.2. The Hall–Kier alpha value is -1.17. The molecule has 72 valence electrons. The molecule has 1 aromatic rings. The Kier molecular flexibility index (Phi) is 4.33. The highest BCUT2D eigenvalue weighted by Gasteiger charge is 1.85. The Balaban J connectivity index is 0.00000144. The minimum absolute atomic E-state index is 0. The van der Waals surface area contributed by atoms with Gasteiger partial charge < -0.3 is 10.7 Å². The van der Waals surface area contributed by atoms with E-state index in [1.165, 1.54) is 6.08 Å². The maximum atomic E-state index is 10.2. The van der Waals surface area contributed by atoms with Gasteiger partial charge in [-0.25, -0.2) is 8.42 Å². The van der Waals surface area contributed by atoms with Gasteiger partial charge in [-0.2, -0.15) is 0 Å². The summed E-state index contributed by atoms with van der Waals surface area (Å²) in [7, 11) is -4.25. The third-order valence-corrected chi connectivity index (χ3v) is 1.70. The molecule has 0 aliphatic heterocycles. The van der Waals surface area contributed by atoms with E-state index < -0.39 is 10.1 Å². The smallest absolute Gasteiger partial charge is 0.117 e. The summed E-state index contributed by atoms with van der Waals surface area (Å²) < 4.78 is 30.5. The van der Waals surface area contributed by atoms with E-state index in [4.69, 9.17) is 0 Å². The molecule has 0 unspecified atom stereocenters. The normalized spacial score (nSPS) is 11.2. The molecule has 0 atom stereocenters. The Morgan fingerprint density at radius 2 is 1.69 bits per heavy atom. The molecule has 13 heavy (non-hydrogen) atoms. The van der Waals surface area contributed by atoms with E-state index in [2.05, 4.69) is 0 Å². The summed E-state index contributed by atoms with van der Waals surface area (Å²) in [5.41, 5.74) is 0.692. The van der Waals surface area contributed by atoms with Crippen molar-refractivity contribution in [3.8, 4) is 0 Å². The molecular weight excluding hydrogens is 190 g/mol. The standard InChI is InChI=1S/C8H8O3S.H3N/c9-12(10,11)7-6-8-4-2-1-3-5-8;/h1-7H,(H,9,10,11);1H3/b7-6+;. The van der Waals surface area contributed by atoms with Crippen LogP contribution in [0.25, 0.3) is 6.08 Å². The molecule has 0 saturated heterocycles. The molecule has 0 aliphatic rings. The molecule has 0 saturated carbocycles. The maximum absolute atomic E-state index is 10.2. The van der Waals surface area contributed by atoms with Gasteiger partial charge in [-0.05, 0) is 11.6 Å². The highest BCUT2D eigenvalue weighted by molar-refractivity contribution is 7.88. The van der Waals surface area contributed by atoms with Gasteiger partial charge in [-0.1, -0.05) is 30.3 Å². The molecule has 1 rings (SSSR count). The van der Waals surface area contributed by atoms with Crippen LogP contribution in [0.5, 0.6) is 0 Å². The number of hydrogen-bond donors (Lipinski definition) is 1. The molecule has 4 N–H and O–H groups in total. The number of hydrogen-bond acceptors (Lipinski definition) is 3. The lowest BCUT2D eigenvalue weighted by Crippen LogP contribution is -1.89. The fourth-order valence-electron chi connectivity index (χ4n) is 0.726. The fraction of sp³-hybridized carbons (Fsp3) is 0. The van der Waals surface area contributed by atoms with Gasteiger partial charge in [0.1, 0.15) is 10.1 Å². The summed E-state index contributed by atoms with van der Waals surface area (Å²) >= 11 is 0. The second-order valence-corrected chi connectivity index (χ2v) is 3.46. The van der Waals surface area contributed by atoms with Crippen molar-refractivity contribution in [3.63, 3.8) is 0 Å². The van der Waals surface area contributed by atoms with Gasteiger partial charge in [-0.3, -0.25) is 0 Å². The summed E-state index contributed by atoms with van der Waals surface area (Å²) in [6.45, 7) is 0. The first-order valence-corrected chi connectivity index (χ1v) is 4.74. The minimum Gasteiger partial charge on any atom is -0.744 e. The van der Waals surface area contributed by atoms with Crippen molar-refractivity contribution >= 4 is 16.2 Å². The van der Waals surface area contributed by atoms with Gasteiger partial charge in [0.15, 0.2) is 0 Å². The van der Waals surface area contributed by atoms with E-state index in [1.807, 2.05) is 6.07 Å². The second kappa shape index (κ2) is 4.76. The SMILES string of the molecule is O=S(=O)([O-])/C=C/c1ccccc1.[NH4+]. The lowest BCUT2D eigenvalue weighted by Gasteiger charge is -1.97. The van der Waals surface area contributed by atoms with Crippen LogP contribution in [0.4, 0.5) is 0 Å². The Morgan fingerprint density at radius 3 is 2.15 bits per heavy atom. The molecule has 0 heterocycles. The first-order chi connectivity index (χ1) is 5.58. The molecule has 0 radical (unpaired) electrons. The van der Waals surface area contributed by atoms with E-state index in [-0.39, 0.29) is 6.15 Å². The van der Waals surface area contributed by atoms with Gasteiger partial charge in [-0.15, -0.1) is 0 Å². The summed E-state index contributed by atoms with van der Waals surface area (Å²) in [6.07, 6.45) is 1.27. The molecule has 4 nitrogen and oxygen atoms in total. The van der Waals surface area contributed by atoms with Crippen LogP contribution in [0, 0.1) is 0 Å². The summed E-state index contributed by atoms with van der Waals surface area (Å²) in [5, 5.41) is 0.641. The number of rotatable bonds is 2. The summed E-state index contributed by atoms with van der Waals surface area (Å²) in [5.74, 6) is 0. The topological polar surface area (TPSA) is 93.7 Å². The van der Waals surface area contributed by atoms with Crippen LogP contribution < -0.4 is 6.15 Å². The lowest BCUT2D eigenvalue weighted by atomic mass is 10.2. The molecule has 0 bridgehead atoms. The molecule has 1 aromatic carbocycles.